The van der Waals surface area contributed by atoms with Crippen LogP contribution in [-0.2, 0) is 11.3 Å². The monoisotopic (exact) mass is 353 g/mol. The lowest BCUT2D eigenvalue weighted by atomic mass is 10.0. The Morgan fingerprint density at radius 3 is 2.42 bits per heavy atom. The Kier molecular flexibility index (Phi) is 4.89. The number of benzene rings is 2. The molecule has 3 aromatic rings. The number of carbonyl (C=O) groups excluding carboxylic acids is 1. The summed E-state index contributed by atoms with van der Waals surface area (Å²) in [5.41, 5.74) is 5.10. The second kappa shape index (κ2) is 7.12. The molecular formula is C21H20FNO3. The van der Waals surface area contributed by atoms with Gasteiger partial charge in [0.2, 0.25) is 0 Å². The van der Waals surface area contributed by atoms with Gasteiger partial charge in [-0.3, -0.25) is 0 Å². The van der Waals surface area contributed by atoms with E-state index in [0.717, 1.165) is 16.7 Å². The molecule has 1 aromatic heterocycles. The maximum atomic E-state index is 13.7. The highest BCUT2D eigenvalue weighted by Crippen LogP contribution is 2.28. The molecule has 5 heteroatoms. The Morgan fingerprint density at radius 2 is 1.77 bits per heavy atom. The quantitative estimate of drug-likeness (QED) is 0.640. The molecule has 2 aromatic carbocycles. The van der Waals surface area contributed by atoms with Crippen molar-refractivity contribution < 1.29 is 18.7 Å². The second-order valence-corrected chi connectivity index (χ2v) is 6.32. The molecule has 0 amide bonds. The van der Waals surface area contributed by atoms with Crippen molar-refractivity contribution in [3.63, 3.8) is 0 Å². The molecule has 134 valence electrons. The molecular weight excluding hydrogens is 333 g/mol. The maximum absolute atomic E-state index is 13.7. The van der Waals surface area contributed by atoms with E-state index in [1.54, 1.807) is 0 Å². The summed E-state index contributed by atoms with van der Waals surface area (Å²) in [6.45, 7) is 6.42. The van der Waals surface area contributed by atoms with Gasteiger partial charge in [0, 0.05) is 11.5 Å². The predicted molar refractivity (Wildman–Crippen MR) is 98.0 cm³/mol. The minimum atomic E-state index is -0.566. The molecule has 4 nitrogen and oxygen atoms in total. The number of hydrogen-bond acceptors (Lipinski definition) is 4. The molecule has 0 aliphatic rings. The number of esters is 1. The van der Waals surface area contributed by atoms with Gasteiger partial charge in [-0.25, -0.2) is 14.2 Å². The van der Waals surface area contributed by atoms with E-state index in [9.17, 15) is 9.18 Å². The van der Waals surface area contributed by atoms with Crippen molar-refractivity contribution in [2.45, 2.75) is 27.4 Å². The van der Waals surface area contributed by atoms with E-state index in [1.807, 2.05) is 20.8 Å². The van der Waals surface area contributed by atoms with Crippen LogP contribution in [0.2, 0.25) is 0 Å². The van der Waals surface area contributed by atoms with Crippen molar-refractivity contribution in [2.75, 3.05) is 7.11 Å². The lowest BCUT2D eigenvalue weighted by molar-refractivity contribution is 0.0594. The highest BCUT2D eigenvalue weighted by molar-refractivity contribution is 5.94. The van der Waals surface area contributed by atoms with Gasteiger partial charge >= 0.3 is 5.97 Å². The summed E-state index contributed by atoms with van der Waals surface area (Å²) in [6, 6.07) is 9.85. The number of nitrogens with zero attached hydrogens (tertiary/aromatic N) is 1. The summed E-state index contributed by atoms with van der Waals surface area (Å²) >= 11 is 0. The Labute approximate surface area is 151 Å². The summed E-state index contributed by atoms with van der Waals surface area (Å²) < 4.78 is 24.4. The summed E-state index contributed by atoms with van der Waals surface area (Å²) in [4.78, 5) is 16.1. The van der Waals surface area contributed by atoms with Crippen LogP contribution in [-0.4, -0.2) is 18.1 Å². The lowest BCUT2D eigenvalue weighted by Gasteiger charge is -2.15. The minimum Gasteiger partial charge on any atom is -0.488 e. The van der Waals surface area contributed by atoms with E-state index in [0.29, 0.717) is 23.3 Å². The first kappa shape index (κ1) is 17.9. The zero-order valence-corrected chi connectivity index (χ0v) is 15.2. The van der Waals surface area contributed by atoms with Gasteiger partial charge in [-0.15, -0.1) is 0 Å². The van der Waals surface area contributed by atoms with Crippen molar-refractivity contribution in [2.24, 2.45) is 0 Å². The standard InChI is InChI=1S/C21H20FNO3/c1-12-7-13(2)17(14(3)8-12)11-26-20-10-19(21(24)25-4)23-18-6-5-15(22)9-16(18)20/h5-10H,11H2,1-4H3. The normalized spacial score (nSPS) is 10.8. The molecule has 0 saturated heterocycles. The van der Waals surface area contributed by atoms with E-state index >= 15 is 0 Å². The number of methoxy groups -OCH3 is 1. The van der Waals surface area contributed by atoms with Gasteiger partial charge in [0.05, 0.1) is 12.6 Å². The average molecular weight is 353 g/mol. The van der Waals surface area contributed by atoms with Gasteiger partial charge in [0.1, 0.15) is 18.2 Å². The third-order valence-corrected chi connectivity index (χ3v) is 4.34. The largest absolute Gasteiger partial charge is 0.488 e. The number of fused-ring (bicyclic) bond motifs is 1. The van der Waals surface area contributed by atoms with E-state index in [-0.39, 0.29) is 5.69 Å². The number of pyridine rings is 1. The molecule has 0 fully saturated rings. The van der Waals surface area contributed by atoms with Gasteiger partial charge in [-0.05, 0) is 55.7 Å². The molecule has 0 radical (unpaired) electrons. The summed E-state index contributed by atoms with van der Waals surface area (Å²) in [6.07, 6.45) is 0. The smallest absolute Gasteiger partial charge is 0.356 e. The molecule has 0 aliphatic carbocycles. The molecule has 0 spiro atoms. The van der Waals surface area contributed by atoms with E-state index in [4.69, 9.17) is 9.47 Å². The van der Waals surface area contributed by atoms with Crippen LogP contribution in [0, 0.1) is 26.6 Å². The van der Waals surface area contributed by atoms with Crippen LogP contribution in [0.4, 0.5) is 4.39 Å². The van der Waals surface area contributed by atoms with E-state index in [1.165, 1.54) is 36.9 Å². The Bertz CT molecular complexity index is 975. The van der Waals surface area contributed by atoms with Crippen molar-refractivity contribution in [3.8, 4) is 5.75 Å². The van der Waals surface area contributed by atoms with Crippen molar-refractivity contribution in [1.82, 2.24) is 4.98 Å². The number of carbonyl (C=O) groups is 1. The molecule has 1 heterocycles. The maximum Gasteiger partial charge on any atom is 0.356 e. The fourth-order valence-electron chi connectivity index (χ4n) is 3.08. The molecule has 0 N–H and O–H groups in total. The van der Waals surface area contributed by atoms with E-state index < -0.39 is 11.8 Å². The topological polar surface area (TPSA) is 48.4 Å². The van der Waals surface area contributed by atoms with Crippen LogP contribution < -0.4 is 4.74 Å². The van der Waals surface area contributed by atoms with E-state index in [2.05, 4.69) is 17.1 Å². The summed E-state index contributed by atoms with van der Waals surface area (Å²) in [5, 5.41) is 0.514. The average Bonchev–Trinajstić information content (AvgIpc) is 2.60. The van der Waals surface area contributed by atoms with Gasteiger partial charge in [0.15, 0.2) is 5.69 Å². The van der Waals surface area contributed by atoms with Gasteiger partial charge < -0.3 is 9.47 Å². The van der Waals surface area contributed by atoms with Crippen LogP contribution in [0.1, 0.15) is 32.7 Å². The number of hydrogen-bond donors (Lipinski definition) is 0. The fourth-order valence-corrected chi connectivity index (χ4v) is 3.08. The summed E-state index contributed by atoms with van der Waals surface area (Å²) in [5.74, 6) is -0.560. The minimum absolute atomic E-state index is 0.124. The van der Waals surface area contributed by atoms with Crippen LogP contribution in [0.25, 0.3) is 10.9 Å². The number of halogens is 1. The van der Waals surface area contributed by atoms with Crippen molar-refractivity contribution >= 4 is 16.9 Å². The van der Waals surface area contributed by atoms with Crippen LogP contribution in [0.15, 0.2) is 36.4 Å². The lowest BCUT2D eigenvalue weighted by Crippen LogP contribution is -2.07. The highest BCUT2D eigenvalue weighted by atomic mass is 19.1. The molecule has 0 unspecified atom stereocenters. The number of aryl methyl sites for hydroxylation is 3. The third-order valence-electron chi connectivity index (χ3n) is 4.34. The zero-order valence-electron chi connectivity index (χ0n) is 15.2. The SMILES string of the molecule is COC(=O)c1cc(OCc2c(C)cc(C)cc2C)c2cc(F)ccc2n1. The second-order valence-electron chi connectivity index (χ2n) is 6.32. The number of ether oxygens (including phenoxy) is 2. The molecule has 0 aliphatic heterocycles. The molecule has 0 atom stereocenters. The fraction of sp³-hybridized carbons (Fsp3) is 0.238. The molecule has 26 heavy (non-hydrogen) atoms. The Balaban J connectivity index is 2.03. The van der Waals surface area contributed by atoms with Gasteiger partial charge in [-0.2, -0.15) is 0 Å². The first-order valence-corrected chi connectivity index (χ1v) is 8.27. The summed E-state index contributed by atoms with van der Waals surface area (Å²) in [7, 11) is 1.29. The number of rotatable bonds is 4. The Morgan fingerprint density at radius 1 is 1.08 bits per heavy atom. The number of aromatic nitrogens is 1. The molecule has 0 saturated carbocycles. The van der Waals surface area contributed by atoms with Gasteiger partial charge in [0.25, 0.3) is 0 Å². The molecule has 0 bridgehead atoms. The van der Waals surface area contributed by atoms with Crippen LogP contribution in [0.5, 0.6) is 5.75 Å². The molecule has 3 rings (SSSR count). The Hall–Kier alpha value is -2.95. The first-order valence-electron chi connectivity index (χ1n) is 8.27. The zero-order chi connectivity index (χ0) is 18.8. The third kappa shape index (κ3) is 3.52. The van der Waals surface area contributed by atoms with Gasteiger partial charge in [-0.1, -0.05) is 17.7 Å². The van der Waals surface area contributed by atoms with Crippen molar-refractivity contribution in [1.29, 1.82) is 0 Å². The predicted octanol–water partition coefficient (Wildman–Crippen LogP) is 4.66. The first-order chi connectivity index (χ1) is 12.4. The highest BCUT2D eigenvalue weighted by Gasteiger charge is 2.15. The van der Waals surface area contributed by atoms with Crippen molar-refractivity contribution in [3.05, 3.63) is 70.2 Å². The van der Waals surface area contributed by atoms with Crippen LogP contribution in [0.3, 0.4) is 0 Å². The van der Waals surface area contributed by atoms with Crippen LogP contribution >= 0.6 is 0 Å².